The second-order valence-electron chi connectivity index (χ2n) is 2.72. The average Bonchev–Trinajstić information content (AvgIpc) is 2.10. The molecule has 0 fully saturated rings. The molecule has 0 saturated heterocycles. The molecular formula is C9H13NO2. The van der Waals surface area contributed by atoms with E-state index in [9.17, 15) is 0 Å². The third kappa shape index (κ3) is 2.04. The van der Waals surface area contributed by atoms with Crippen molar-refractivity contribution in [3.63, 3.8) is 0 Å². The molecule has 3 N–H and O–H groups in total. The first kappa shape index (κ1) is 9.19. The van der Waals surface area contributed by atoms with E-state index in [1.54, 1.807) is 0 Å². The number of aliphatic hydroxyl groups excluding tert-OH is 1. The summed E-state index contributed by atoms with van der Waals surface area (Å²) in [5.74, 6) is 4.99. The predicted octanol–water partition coefficient (Wildman–Crippen LogP) is 0.919. The fraction of sp³-hybridized carbons (Fsp3) is 0.333. The summed E-state index contributed by atoms with van der Waals surface area (Å²) in [6.07, 6.45) is -0.411. The maximum absolute atomic E-state index is 8.84. The average molecular weight is 167 g/mol. The largest absolute Gasteiger partial charge is 0.393 e. The van der Waals surface area contributed by atoms with Crippen LogP contribution in [0.5, 0.6) is 0 Å². The Morgan fingerprint density at radius 2 is 2.00 bits per heavy atom. The first-order valence-electron chi connectivity index (χ1n) is 3.81. The molecule has 0 amide bonds. The van der Waals surface area contributed by atoms with Crippen LogP contribution in [0.3, 0.4) is 0 Å². The number of benzene rings is 1. The smallest absolute Gasteiger partial charge is 0.127 e. The number of aryl methyl sites for hydroxylation is 1. The Morgan fingerprint density at radius 3 is 2.42 bits per heavy atom. The number of nitrogens with two attached hydrogens (primary N) is 1. The predicted molar refractivity (Wildman–Crippen MR) is 46.3 cm³/mol. The van der Waals surface area contributed by atoms with Gasteiger partial charge in [-0.15, -0.1) is 0 Å². The molecule has 0 saturated carbocycles. The topological polar surface area (TPSA) is 55.5 Å². The van der Waals surface area contributed by atoms with E-state index >= 15 is 0 Å². The Hall–Kier alpha value is -0.900. The molecule has 0 spiro atoms. The molecule has 1 atom stereocenters. The molecule has 1 aromatic rings. The third-order valence-corrected chi connectivity index (χ3v) is 1.78. The van der Waals surface area contributed by atoms with Gasteiger partial charge in [0.2, 0.25) is 0 Å². The highest BCUT2D eigenvalue weighted by Gasteiger charge is 2.07. The molecule has 1 aromatic carbocycles. The third-order valence-electron chi connectivity index (χ3n) is 1.78. The van der Waals surface area contributed by atoms with Crippen molar-refractivity contribution < 1.29 is 9.94 Å². The maximum atomic E-state index is 8.84. The molecule has 3 heteroatoms. The zero-order chi connectivity index (χ0) is 8.97. The van der Waals surface area contributed by atoms with Gasteiger partial charge in [0.25, 0.3) is 0 Å². The van der Waals surface area contributed by atoms with Crippen molar-refractivity contribution in [1.82, 2.24) is 0 Å². The number of aliphatic hydroxyl groups is 1. The molecule has 1 rings (SSSR count). The monoisotopic (exact) mass is 167 g/mol. The minimum Gasteiger partial charge on any atom is -0.393 e. The van der Waals surface area contributed by atoms with E-state index in [0.29, 0.717) is 0 Å². The van der Waals surface area contributed by atoms with E-state index in [0.717, 1.165) is 5.56 Å². The summed E-state index contributed by atoms with van der Waals surface area (Å²) < 4.78 is 0. The van der Waals surface area contributed by atoms with E-state index in [1.165, 1.54) is 5.56 Å². The molecule has 0 bridgehead atoms. The van der Waals surface area contributed by atoms with E-state index in [4.69, 9.17) is 11.0 Å². The summed E-state index contributed by atoms with van der Waals surface area (Å²) in [7, 11) is 0. The zero-order valence-electron chi connectivity index (χ0n) is 7.03. The SMILES string of the molecule is Cc1ccc(C(CO)ON)cc1. The fourth-order valence-corrected chi connectivity index (χ4v) is 1.01. The summed E-state index contributed by atoms with van der Waals surface area (Å²) in [5.41, 5.74) is 2.07. The van der Waals surface area contributed by atoms with Crippen LogP contribution in [0.15, 0.2) is 24.3 Å². The van der Waals surface area contributed by atoms with Gasteiger partial charge in [-0.25, -0.2) is 5.90 Å². The van der Waals surface area contributed by atoms with E-state index in [2.05, 4.69) is 4.84 Å². The molecule has 66 valence electrons. The Morgan fingerprint density at radius 1 is 1.42 bits per heavy atom. The van der Waals surface area contributed by atoms with E-state index < -0.39 is 6.10 Å². The second kappa shape index (κ2) is 4.21. The van der Waals surface area contributed by atoms with Crippen LogP contribution in [0, 0.1) is 6.92 Å². The van der Waals surface area contributed by atoms with Crippen molar-refractivity contribution in [2.45, 2.75) is 13.0 Å². The van der Waals surface area contributed by atoms with Crippen molar-refractivity contribution in [3.05, 3.63) is 35.4 Å². The molecule has 0 radical (unpaired) electrons. The summed E-state index contributed by atoms with van der Waals surface area (Å²) >= 11 is 0. The van der Waals surface area contributed by atoms with Gasteiger partial charge in [-0.3, -0.25) is 4.84 Å². The van der Waals surface area contributed by atoms with Crippen molar-refractivity contribution >= 4 is 0 Å². The van der Waals surface area contributed by atoms with Gasteiger partial charge >= 0.3 is 0 Å². The van der Waals surface area contributed by atoms with Crippen molar-refractivity contribution in [2.24, 2.45) is 5.90 Å². The Kier molecular flexibility index (Phi) is 3.22. The maximum Gasteiger partial charge on any atom is 0.127 e. The molecule has 0 aromatic heterocycles. The van der Waals surface area contributed by atoms with Gasteiger partial charge in [-0.05, 0) is 12.5 Å². The number of hydrogen-bond acceptors (Lipinski definition) is 3. The lowest BCUT2D eigenvalue weighted by Crippen LogP contribution is -2.12. The first-order valence-corrected chi connectivity index (χ1v) is 3.81. The highest BCUT2D eigenvalue weighted by molar-refractivity contribution is 5.23. The van der Waals surface area contributed by atoms with Crippen LogP contribution in [-0.2, 0) is 4.84 Å². The Bertz CT molecular complexity index is 229. The standard InChI is InChI=1S/C9H13NO2/c1-7-2-4-8(5-3-7)9(6-11)12-10/h2-5,9,11H,6,10H2,1H3. The van der Waals surface area contributed by atoms with Gasteiger partial charge in [0.15, 0.2) is 0 Å². The van der Waals surface area contributed by atoms with Crippen LogP contribution in [0.25, 0.3) is 0 Å². The molecule has 12 heavy (non-hydrogen) atoms. The fourth-order valence-electron chi connectivity index (χ4n) is 1.01. The van der Waals surface area contributed by atoms with Crippen LogP contribution in [0.4, 0.5) is 0 Å². The normalized spacial score (nSPS) is 12.9. The van der Waals surface area contributed by atoms with Gasteiger partial charge in [-0.2, -0.15) is 0 Å². The van der Waals surface area contributed by atoms with Crippen LogP contribution < -0.4 is 5.90 Å². The highest BCUT2D eigenvalue weighted by Crippen LogP contribution is 2.14. The molecule has 3 nitrogen and oxygen atoms in total. The zero-order valence-corrected chi connectivity index (χ0v) is 7.03. The van der Waals surface area contributed by atoms with Crippen LogP contribution >= 0.6 is 0 Å². The summed E-state index contributed by atoms with van der Waals surface area (Å²) in [6.45, 7) is 1.90. The van der Waals surface area contributed by atoms with Crippen LogP contribution in [0.2, 0.25) is 0 Å². The highest BCUT2D eigenvalue weighted by atomic mass is 16.6. The van der Waals surface area contributed by atoms with E-state index in [-0.39, 0.29) is 6.61 Å². The van der Waals surface area contributed by atoms with Crippen molar-refractivity contribution in [2.75, 3.05) is 6.61 Å². The molecule has 0 heterocycles. The van der Waals surface area contributed by atoms with Gasteiger partial charge < -0.3 is 5.11 Å². The summed E-state index contributed by atoms with van der Waals surface area (Å²) in [6, 6.07) is 7.69. The summed E-state index contributed by atoms with van der Waals surface area (Å²) in [5, 5.41) is 8.84. The van der Waals surface area contributed by atoms with Gasteiger partial charge in [0.1, 0.15) is 6.10 Å². The van der Waals surface area contributed by atoms with Crippen molar-refractivity contribution in [1.29, 1.82) is 0 Å². The quantitative estimate of drug-likeness (QED) is 0.658. The van der Waals surface area contributed by atoms with Gasteiger partial charge in [0, 0.05) is 0 Å². The molecule has 0 aliphatic heterocycles. The minimum absolute atomic E-state index is 0.0977. The molecule has 0 aliphatic carbocycles. The van der Waals surface area contributed by atoms with Crippen LogP contribution in [-0.4, -0.2) is 11.7 Å². The first-order chi connectivity index (χ1) is 5.77. The van der Waals surface area contributed by atoms with E-state index in [1.807, 2.05) is 31.2 Å². The minimum atomic E-state index is -0.411. The van der Waals surface area contributed by atoms with Crippen LogP contribution in [0.1, 0.15) is 17.2 Å². The Balaban J connectivity index is 2.80. The van der Waals surface area contributed by atoms with Crippen molar-refractivity contribution in [3.8, 4) is 0 Å². The number of rotatable bonds is 3. The molecule has 1 unspecified atom stereocenters. The molecule has 0 aliphatic rings. The van der Waals surface area contributed by atoms with Gasteiger partial charge in [-0.1, -0.05) is 29.8 Å². The van der Waals surface area contributed by atoms with Gasteiger partial charge in [0.05, 0.1) is 6.61 Å². The second-order valence-corrected chi connectivity index (χ2v) is 2.72. The lowest BCUT2D eigenvalue weighted by atomic mass is 10.1. The molecular weight excluding hydrogens is 154 g/mol. The Labute approximate surface area is 71.7 Å². The number of hydrogen-bond donors (Lipinski definition) is 2. The summed E-state index contributed by atoms with van der Waals surface area (Å²) in [4.78, 5) is 4.58. The lowest BCUT2D eigenvalue weighted by Gasteiger charge is -2.11. The lowest BCUT2D eigenvalue weighted by molar-refractivity contribution is 0.0108.